The summed E-state index contributed by atoms with van der Waals surface area (Å²) in [6.07, 6.45) is 1.88. The normalized spacial score (nSPS) is 27.6. The molecule has 2 rings (SSSR count). The van der Waals surface area contributed by atoms with Crippen LogP contribution in [0.25, 0.3) is 0 Å². The summed E-state index contributed by atoms with van der Waals surface area (Å²) in [5.74, 6) is 0. The smallest absolute Gasteiger partial charge is 0.196 e. The molecule has 0 aromatic carbocycles. The minimum absolute atomic E-state index is 0.0891. The number of hydrogen-bond acceptors (Lipinski definition) is 3. The molecule has 0 saturated carbocycles. The largest absolute Gasteiger partial charge is 0.268 e. The highest BCUT2D eigenvalue weighted by molar-refractivity contribution is 5.08. The Balaban J connectivity index is 2.06. The van der Waals surface area contributed by atoms with Crippen molar-refractivity contribution in [1.29, 1.82) is 0 Å². The first-order valence-electron chi connectivity index (χ1n) is 4.15. The average Bonchev–Trinajstić information content (AvgIpc) is 2.84. The summed E-state index contributed by atoms with van der Waals surface area (Å²) < 4.78 is 0. The van der Waals surface area contributed by atoms with Crippen molar-refractivity contribution in [3.8, 4) is 0 Å². The van der Waals surface area contributed by atoms with E-state index in [0.717, 1.165) is 5.69 Å². The molecule has 1 aliphatic rings. The van der Waals surface area contributed by atoms with Crippen molar-refractivity contribution in [3.05, 3.63) is 30.1 Å². The van der Waals surface area contributed by atoms with Crippen LogP contribution >= 0.6 is 0 Å². The van der Waals surface area contributed by atoms with Crippen LogP contribution in [0, 0.1) is 0 Å². The number of hydroxylamine groups is 2. The van der Waals surface area contributed by atoms with Crippen molar-refractivity contribution >= 4 is 0 Å². The lowest BCUT2D eigenvalue weighted by Crippen LogP contribution is -2.09. The van der Waals surface area contributed by atoms with Crippen LogP contribution < -0.4 is 0 Å². The van der Waals surface area contributed by atoms with Crippen LogP contribution in [0.15, 0.2) is 24.4 Å². The second-order valence-electron chi connectivity index (χ2n) is 3.17. The zero-order valence-electron chi connectivity index (χ0n) is 7.27. The summed E-state index contributed by atoms with van der Waals surface area (Å²) in [6.45, 7) is 4.20. The maximum absolute atomic E-state index is 5.34. The van der Waals surface area contributed by atoms with E-state index in [1.54, 1.807) is 6.20 Å². The van der Waals surface area contributed by atoms with E-state index in [9.17, 15) is 0 Å². The number of nitrogens with zero attached hydrogens (tertiary/aromatic N) is 2. The Kier molecular flexibility index (Phi) is 1.83. The van der Waals surface area contributed by atoms with Crippen molar-refractivity contribution in [3.63, 3.8) is 0 Å². The molecule has 3 heteroatoms. The summed E-state index contributed by atoms with van der Waals surface area (Å²) in [5.41, 5.74) is 0.992. The van der Waals surface area contributed by atoms with Gasteiger partial charge in [0.1, 0.15) is 0 Å². The molecule has 0 amide bonds. The second-order valence-corrected chi connectivity index (χ2v) is 3.17. The Morgan fingerprint density at radius 3 is 2.83 bits per heavy atom. The fraction of sp³-hybridized carbons (Fsp3) is 0.444. The third-order valence-electron chi connectivity index (χ3n) is 1.86. The average molecular weight is 164 g/mol. The van der Waals surface area contributed by atoms with Crippen LogP contribution in [0.5, 0.6) is 0 Å². The Labute approximate surface area is 71.9 Å². The molecule has 1 fully saturated rings. The molecular formula is C9H12N2O. The molecule has 1 saturated heterocycles. The first kappa shape index (κ1) is 7.71. The monoisotopic (exact) mass is 164 g/mol. The molecule has 1 aromatic heterocycles. The predicted octanol–water partition coefficient (Wildman–Crippen LogP) is 1.74. The highest BCUT2D eigenvalue weighted by atomic mass is 16.8. The molecule has 0 N–H and O–H groups in total. The summed E-state index contributed by atoms with van der Waals surface area (Å²) >= 11 is 0. The van der Waals surface area contributed by atoms with Crippen LogP contribution in [0.1, 0.15) is 25.8 Å². The molecule has 0 spiro atoms. The summed E-state index contributed by atoms with van der Waals surface area (Å²) in [5, 5.41) is 1.93. The first-order chi connectivity index (χ1) is 5.79. The van der Waals surface area contributed by atoms with Gasteiger partial charge in [-0.15, -0.1) is 5.06 Å². The SMILES string of the molecule is CC(C)N1O[C@@H]1c1ccccn1. The minimum Gasteiger partial charge on any atom is -0.268 e. The van der Waals surface area contributed by atoms with Gasteiger partial charge in [0.2, 0.25) is 0 Å². The van der Waals surface area contributed by atoms with Crippen molar-refractivity contribution in [2.75, 3.05) is 0 Å². The van der Waals surface area contributed by atoms with E-state index in [0.29, 0.717) is 6.04 Å². The maximum atomic E-state index is 5.34. The molecule has 64 valence electrons. The highest BCUT2D eigenvalue weighted by Crippen LogP contribution is 2.37. The van der Waals surface area contributed by atoms with Gasteiger partial charge in [-0.3, -0.25) is 9.82 Å². The molecule has 0 bridgehead atoms. The standard InChI is InChI=1S/C9H12N2O/c1-7(2)11-9(12-11)8-5-3-4-6-10-8/h3-7,9H,1-2H3/t9-,11?/m1/s1. The minimum atomic E-state index is 0.0891. The van der Waals surface area contributed by atoms with Gasteiger partial charge in [-0.2, -0.15) is 0 Å². The van der Waals surface area contributed by atoms with E-state index >= 15 is 0 Å². The topological polar surface area (TPSA) is 28.4 Å². The molecule has 1 unspecified atom stereocenters. The van der Waals surface area contributed by atoms with Gasteiger partial charge in [0.05, 0.1) is 5.69 Å². The molecule has 2 heterocycles. The van der Waals surface area contributed by atoms with Gasteiger partial charge in [-0.05, 0) is 26.0 Å². The number of hydrogen-bond donors (Lipinski definition) is 0. The maximum Gasteiger partial charge on any atom is 0.196 e. The Hall–Kier alpha value is -0.930. The van der Waals surface area contributed by atoms with E-state index < -0.39 is 0 Å². The molecule has 0 aliphatic carbocycles. The molecule has 1 aromatic rings. The zero-order valence-corrected chi connectivity index (χ0v) is 7.27. The van der Waals surface area contributed by atoms with Gasteiger partial charge >= 0.3 is 0 Å². The van der Waals surface area contributed by atoms with Crippen LogP contribution in [0.3, 0.4) is 0 Å². The number of aromatic nitrogens is 1. The van der Waals surface area contributed by atoms with Crippen molar-refractivity contribution in [2.24, 2.45) is 0 Å². The Bertz CT molecular complexity index is 260. The van der Waals surface area contributed by atoms with Crippen LogP contribution in [-0.2, 0) is 4.84 Å². The van der Waals surface area contributed by atoms with E-state index in [-0.39, 0.29) is 6.23 Å². The van der Waals surface area contributed by atoms with Crippen LogP contribution in [0.2, 0.25) is 0 Å². The van der Waals surface area contributed by atoms with E-state index in [1.807, 2.05) is 23.3 Å². The molecule has 2 atom stereocenters. The number of pyridine rings is 1. The summed E-state index contributed by atoms with van der Waals surface area (Å²) in [4.78, 5) is 9.54. The van der Waals surface area contributed by atoms with Gasteiger partial charge in [0, 0.05) is 12.2 Å². The molecular weight excluding hydrogens is 152 g/mol. The van der Waals surface area contributed by atoms with Crippen molar-refractivity contribution in [1.82, 2.24) is 10.0 Å². The summed E-state index contributed by atoms with van der Waals surface area (Å²) in [7, 11) is 0. The molecule has 3 nitrogen and oxygen atoms in total. The Morgan fingerprint density at radius 2 is 2.33 bits per heavy atom. The lowest BCUT2D eigenvalue weighted by molar-refractivity contribution is 0.164. The predicted molar refractivity (Wildman–Crippen MR) is 45.0 cm³/mol. The van der Waals surface area contributed by atoms with Gasteiger partial charge < -0.3 is 0 Å². The quantitative estimate of drug-likeness (QED) is 0.623. The fourth-order valence-corrected chi connectivity index (χ4v) is 1.19. The Morgan fingerprint density at radius 1 is 1.50 bits per heavy atom. The molecule has 0 radical (unpaired) electrons. The van der Waals surface area contributed by atoms with E-state index in [4.69, 9.17) is 4.84 Å². The highest BCUT2D eigenvalue weighted by Gasteiger charge is 2.40. The van der Waals surface area contributed by atoms with Crippen molar-refractivity contribution in [2.45, 2.75) is 26.1 Å². The first-order valence-corrected chi connectivity index (χ1v) is 4.15. The summed E-state index contributed by atoms with van der Waals surface area (Å²) in [6, 6.07) is 6.29. The molecule has 12 heavy (non-hydrogen) atoms. The van der Waals surface area contributed by atoms with E-state index in [2.05, 4.69) is 18.8 Å². The molecule has 1 aliphatic heterocycles. The fourth-order valence-electron chi connectivity index (χ4n) is 1.19. The van der Waals surface area contributed by atoms with Crippen molar-refractivity contribution < 1.29 is 4.84 Å². The van der Waals surface area contributed by atoms with Gasteiger partial charge in [-0.25, -0.2) is 0 Å². The lowest BCUT2D eigenvalue weighted by atomic mass is 10.3. The lowest BCUT2D eigenvalue weighted by Gasteiger charge is -1.99. The van der Waals surface area contributed by atoms with Crippen LogP contribution in [-0.4, -0.2) is 16.1 Å². The van der Waals surface area contributed by atoms with E-state index in [1.165, 1.54) is 0 Å². The third-order valence-corrected chi connectivity index (χ3v) is 1.86. The zero-order chi connectivity index (χ0) is 8.55. The number of rotatable bonds is 2. The van der Waals surface area contributed by atoms with Gasteiger partial charge in [0.25, 0.3) is 0 Å². The van der Waals surface area contributed by atoms with Gasteiger partial charge in [0.15, 0.2) is 6.23 Å². The third kappa shape index (κ3) is 1.33. The van der Waals surface area contributed by atoms with Gasteiger partial charge in [-0.1, -0.05) is 6.07 Å². The van der Waals surface area contributed by atoms with Crippen LogP contribution in [0.4, 0.5) is 0 Å². The second kappa shape index (κ2) is 2.84.